The normalized spacial score (nSPS) is 10.8. The fourth-order valence-electron chi connectivity index (χ4n) is 1.83. The molecule has 0 aliphatic carbocycles. The van der Waals surface area contributed by atoms with Gasteiger partial charge in [0.25, 0.3) is 0 Å². The van der Waals surface area contributed by atoms with Gasteiger partial charge in [-0.25, -0.2) is 0 Å². The maximum atomic E-state index is 5.87. The molecule has 0 saturated carbocycles. The summed E-state index contributed by atoms with van der Waals surface area (Å²) in [5.41, 5.74) is 8.04. The number of methoxy groups -OCH3 is 1. The first-order valence-corrected chi connectivity index (χ1v) is 8.06. The minimum absolute atomic E-state index is 0. The van der Waals surface area contributed by atoms with Crippen molar-refractivity contribution in [1.29, 1.82) is 0 Å². The zero-order valence-corrected chi connectivity index (χ0v) is 16.4. The minimum Gasteiger partial charge on any atom is -0.497 e. The highest BCUT2D eigenvalue weighted by molar-refractivity contribution is 14.0. The van der Waals surface area contributed by atoms with Gasteiger partial charge >= 0.3 is 0 Å². The summed E-state index contributed by atoms with van der Waals surface area (Å²) in [5.74, 6) is 2.14. The van der Waals surface area contributed by atoms with Crippen molar-refractivity contribution < 1.29 is 4.74 Å². The van der Waals surface area contributed by atoms with Crippen molar-refractivity contribution in [3.63, 3.8) is 0 Å². The van der Waals surface area contributed by atoms with Crippen molar-refractivity contribution in [3.8, 4) is 5.75 Å². The summed E-state index contributed by atoms with van der Waals surface area (Å²) in [5, 5.41) is 3.06. The quantitative estimate of drug-likeness (QED) is 0.232. The van der Waals surface area contributed by atoms with Gasteiger partial charge in [0.2, 0.25) is 0 Å². The molecule has 0 amide bonds. The van der Waals surface area contributed by atoms with Gasteiger partial charge in [0.05, 0.1) is 13.7 Å². The topological polar surface area (TPSA) is 59.6 Å². The van der Waals surface area contributed by atoms with Crippen molar-refractivity contribution >= 4 is 47.4 Å². The van der Waals surface area contributed by atoms with Gasteiger partial charge in [0.15, 0.2) is 5.96 Å². The monoisotopic (exact) mass is 443 g/mol. The number of halogens is 1. The minimum atomic E-state index is 0. The first-order chi connectivity index (χ1) is 10.7. The Kier molecular flexibility index (Phi) is 8.86. The number of nitrogens with one attached hydrogen (secondary N) is 1. The number of ether oxygens (including phenoxy) is 1. The third-order valence-electron chi connectivity index (χ3n) is 3.03. The highest BCUT2D eigenvalue weighted by Gasteiger charge is 1.97. The Bertz CT molecular complexity index is 615. The van der Waals surface area contributed by atoms with Crippen LogP contribution in [0.25, 0.3) is 0 Å². The van der Waals surface area contributed by atoms with E-state index in [0.717, 1.165) is 17.2 Å². The number of benzene rings is 2. The highest BCUT2D eigenvalue weighted by atomic mass is 127. The Morgan fingerprint density at radius 1 is 1.13 bits per heavy atom. The molecule has 124 valence electrons. The Labute approximate surface area is 158 Å². The van der Waals surface area contributed by atoms with E-state index < -0.39 is 0 Å². The molecule has 0 aliphatic rings. The number of aryl methyl sites for hydroxylation is 1. The zero-order chi connectivity index (χ0) is 15.8. The second kappa shape index (κ2) is 10.4. The second-order valence-electron chi connectivity index (χ2n) is 4.78. The zero-order valence-electron chi connectivity index (χ0n) is 13.3. The Balaban J connectivity index is 0.00000264. The van der Waals surface area contributed by atoms with Crippen LogP contribution in [-0.2, 0) is 0 Å². The van der Waals surface area contributed by atoms with Crippen LogP contribution in [-0.4, -0.2) is 25.4 Å². The first-order valence-electron chi connectivity index (χ1n) is 7.08. The van der Waals surface area contributed by atoms with Gasteiger partial charge in [-0.1, -0.05) is 17.7 Å². The van der Waals surface area contributed by atoms with E-state index in [1.54, 1.807) is 18.9 Å². The fraction of sp³-hybridized carbons (Fsp3) is 0.235. The van der Waals surface area contributed by atoms with Gasteiger partial charge in [-0.2, -0.15) is 0 Å². The van der Waals surface area contributed by atoms with Crippen LogP contribution in [0, 0.1) is 6.92 Å². The number of guanidine groups is 1. The molecule has 2 aromatic rings. The lowest BCUT2D eigenvalue weighted by Crippen LogP contribution is -2.23. The average molecular weight is 443 g/mol. The molecule has 0 spiro atoms. The average Bonchev–Trinajstić information content (AvgIpc) is 2.54. The number of anilines is 1. The third-order valence-corrected chi connectivity index (χ3v) is 4.02. The third kappa shape index (κ3) is 7.13. The molecule has 0 atom stereocenters. The largest absolute Gasteiger partial charge is 0.497 e. The number of hydrogen-bond donors (Lipinski definition) is 2. The van der Waals surface area contributed by atoms with Gasteiger partial charge in [0, 0.05) is 16.3 Å². The molecule has 0 fully saturated rings. The van der Waals surface area contributed by atoms with Crippen molar-refractivity contribution in [3.05, 3.63) is 54.1 Å². The van der Waals surface area contributed by atoms with Crippen molar-refractivity contribution in [2.45, 2.75) is 11.8 Å². The second-order valence-corrected chi connectivity index (χ2v) is 5.95. The first kappa shape index (κ1) is 19.6. The predicted molar refractivity (Wildman–Crippen MR) is 110 cm³/mol. The van der Waals surface area contributed by atoms with Crippen LogP contribution >= 0.6 is 35.7 Å². The molecular weight excluding hydrogens is 421 g/mol. The lowest BCUT2D eigenvalue weighted by atomic mass is 10.2. The molecule has 23 heavy (non-hydrogen) atoms. The molecule has 0 aromatic heterocycles. The fourth-order valence-corrected chi connectivity index (χ4v) is 2.57. The van der Waals surface area contributed by atoms with E-state index in [9.17, 15) is 0 Å². The summed E-state index contributed by atoms with van der Waals surface area (Å²) in [4.78, 5) is 5.58. The van der Waals surface area contributed by atoms with E-state index in [1.807, 2.05) is 24.3 Å². The Morgan fingerprint density at radius 3 is 2.39 bits per heavy atom. The van der Waals surface area contributed by atoms with Crippen LogP contribution in [0.5, 0.6) is 5.75 Å². The molecule has 4 nitrogen and oxygen atoms in total. The molecule has 0 radical (unpaired) electrons. The number of aliphatic imine (C=N–C) groups is 1. The van der Waals surface area contributed by atoms with E-state index in [2.05, 4.69) is 41.5 Å². The maximum Gasteiger partial charge on any atom is 0.193 e. The molecule has 0 aliphatic heterocycles. The number of rotatable bonds is 6. The molecule has 6 heteroatoms. The maximum absolute atomic E-state index is 5.87. The summed E-state index contributed by atoms with van der Waals surface area (Å²) >= 11 is 1.78. The van der Waals surface area contributed by atoms with E-state index >= 15 is 0 Å². The van der Waals surface area contributed by atoms with E-state index in [4.69, 9.17) is 10.5 Å². The molecule has 2 rings (SSSR count). The number of nitrogens with two attached hydrogens (primary N) is 1. The SMILES string of the molecule is COc1ccc(NC(N)=NCCSc2ccc(C)cc2)cc1.I. The van der Waals surface area contributed by atoms with Crippen molar-refractivity contribution in [2.24, 2.45) is 10.7 Å². The van der Waals surface area contributed by atoms with Crippen LogP contribution in [0.4, 0.5) is 5.69 Å². The smallest absolute Gasteiger partial charge is 0.193 e. The number of hydrogen-bond acceptors (Lipinski definition) is 3. The molecule has 0 heterocycles. The number of thioether (sulfide) groups is 1. The van der Waals surface area contributed by atoms with Gasteiger partial charge in [-0.3, -0.25) is 4.99 Å². The molecule has 0 saturated heterocycles. The van der Waals surface area contributed by atoms with Crippen LogP contribution in [0.2, 0.25) is 0 Å². The van der Waals surface area contributed by atoms with Crippen LogP contribution in [0.15, 0.2) is 58.4 Å². The highest BCUT2D eigenvalue weighted by Crippen LogP contribution is 2.18. The lowest BCUT2D eigenvalue weighted by Gasteiger charge is -2.06. The van der Waals surface area contributed by atoms with Crippen molar-refractivity contribution in [1.82, 2.24) is 0 Å². The number of nitrogens with zero attached hydrogens (tertiary/aromatic N) is 1. The van der Waals surface area contributed by atoms with Crippen LogP contribution < -0.4 is 15.8 Å². The van der Waals surface area contributed by atoms with Crippen LogP contribution in [0.3, 0.4) is 0 Å². The molecule has 0 unspecified atom stereocenters. The lowest BCUT2D eigenvalue weighted by molar-refractivity contribution is 0.415. The van der Waals surface area contributed by atoms with Gasteiger partial charge in [-0.05, 0) is 43.3 Å². The van der Waals surface area contributed by atoms with Gasteiger partial charge < -0.3 is 15.8 Å². The van der Waals surface area contributed by atoms with E-state index in [0.29, 0.717) is 12.5 Å². The molecular formula is C17H22IN3OS. The predicted octanol–water partition coefficient (Wildman–Crippen LogP) is 4.14. The van der Waals surface area contributed by atoms with Gasteiger partial charge in [0.1, 0.15) is 5.75 Å². The molecule has 3 N–H and O–H groups in total. The van der Waals surface area contributed by atoms with Crippen LogP contribution in [0.1, 0.15) is 5.56 Å². The van der Waals surface area contributed by atoms with E-state index in [1.165, 1.54) is 10.5 Å². The van der Waals surface area contributed by atoms with E-state index in [-0.39, 0.29) is 24.0 Å². The summed E-state index contributed by atoms with van der Waals surface area (Å²) < 4.78 is 5.11. The Hall–Kier alpha value is -1.41. The summed E-state index contributed by atoms with van der Waals surface area (Å²) in [7, 11) is 1.64. The summed E-state index contributed by atoms with van der Waals surface area (Å²) in [6.45, 7) is 2.76. The van der Waals surface area contributed by atoms with Crippen molar-refractivity contribution in [2.75, 3.05) is 24.7 Å². The van der Waals surface area contributed by atoms with Gasteiger partial charge in [-0.15, -0.1) is 35.7 Å². The summed E-state index contributed by atoms with van der Waals surface area (Å²) in [6, 6.07) is 16.1. The Morgan fingerprint density at radius 2 is 1.78 bits per heavy atom. The standard InChI is InChI=1S/C17H21N3OS.HI/c1-13-3-9-16(10-4-13)22-12-11-19-17(18)20-14-5-7-15(21-2)8-6-14;/h3-10H,11-12H2,1-2H3,(H3,18,19,20);1H. The molecule has 2 aromatic carbocycles. The summed E-state index contributed by atoms with van der Waals surface area (Å²) in [6.07, 6.45) is 0. The molecule has 0 bridgehead atoms.